The van der Waals surface area contributed by atoms with Gasteiger partial charge in [0.25, 0.3) is 5.60 Å². The fourth-order valence-electron chi connectivity index (χ4n) is 2.08. The lowest BCUT2D eigenvalue weighted by atomic mass is 10.0. The summed E-state index contributed by atoms with van der Waals surface area (Å²) in [6, 6.07) is 0. The van der Waals surface area contributed by atoms with Crippen molar-refractivity contribution in [1.29, 1.82) is 0 Å². The maximum absolute atomic E-state index is 12.4. The van der Waals surface area contributed by atoms with Crippen LogP contribution in [0.15, 0.2) is 0 Å². The highest BCUT2D eigenvalue weighted by Gasteiger charge is 2.52. The van der Waals surface area contributed by atoms with Crippen molar-refractivity contribution in [1.82, 2.24) is 0 Å². The minimum absolute atomic E-state index is 0.330. The van der Waals surface area contributed by atoms with E-state index < -0.39 is 11.8 Å². The molecule has 1 N–H and O–H groups in total. The van der Waals surface area contributed by atoms with E-state index in [0.29, 0.717) is 6.42 Å². The van der Waals surface area contributed by atoms with Crippen molar-refractivity contribution in [3.63, 3.8) is 0 Å². The Balaban J connectivity index is 3.67. The van der Waals surface area contributed by atoms with Gasteiger partial charge in [0.15, 0.2) is 0 Å². The van der Waals surface area contributed by atoms with E-state index >= 15 is 0 Å². The van der Waals surface area contributed by atoms with Crippen molar-refractivity contribution >= 4 is 0 Å². The standard InChI is InChI=1S/C18H27F3O/c1-3-5-6-7-8-9-10-11-12-13-14-15-16-17(22,4-2)18(19,20)21/h2,22H,3,5-14H2,1H3. The molecule has 0 fully saturated rings. The Kier molecular flexibility index (Phi) is 10.9. The van der Waals surface area contributed by atoms with E-state index in [1.54, 1.807) is 5.92 Å². The van der Waals surface area contributed by atoms with Crippen LogP contribution in [0.2, 0.25) is 0 Å². The molecule has 22 heavy (non-hydrogen) atoms. The molecule has 0 aromatic heterocycles. The Morgan fingerprint density at radius 3 is 1.73 bits per heavy atom. The molecule has 0 heterocycles. The summed E-state index contributed by atoms with van der Waals surface area (Å²) in [4.78, 5) is 0. The van der Waals surface area contributed by atoms with Gasteiger partial charge in [0, 0.05) is 6.42 Å². The first-order valence-corrected chi connectivity index (χ1v) is 8.14. The van der Waals surface area contributed by atoms with Gasteiger partial charge in [0.2, 0.25) is 0 Å². The molecule has 0 aromatic carbocycles. The topological polar surface area (TPSA) is 20.2 Å². The number of terminal acetylenes is 1. The van der Waals surface area contributed by atoms with Crippen molar-refractivity contribution in [2.24, 2.45) is 0 Å². The second-order valence-corrected chi connectivity index (χ2v) is 5.59. The normalized spacial score (nSPS) is 13.8. The first-order valence-electron chi connectivity index (χ1n) is 8.14. The van der Waals surface area contributed by atoms with Crippen molar-refractivity contribution < 1.29 is 18.3 Å². The van der Waals surface area contributed by atoms with Crippen LogP contribution in [0.25, 0.3) is 0 Å². The summed E-state index contributed by atoms with van der Waals surface area (Å²) >= 11 is 0. The van der Waals surface area contributed by atoms with Crippen LogP contribution in [-0.2, 0) is 0 Å². The Morgan fingerprint density at radius 2 is 1.32 bits per heavy atom. The summed E-state index contributed by atoms with van der Waals surface area (Å²) in [6.45, 7) is 2.20. The highest BCUT2D eigenvalue weighted by atomic mass is 19.4. The minimum atomic E-state index is -4.91. The average molecular weight is 316 g/mol. The molecule has 0 aliphatic heterocycles. The second kappa shape index (κ2) is 11.4. The lowest BCUT2D eigenvalue weighted by Crippen LogP contribution is -2.42. The molecule has 0 amide bonds. The molecular weight excluding hydrogens is 289 g/mol. The fraction of sp³-hybridized carbons (Fsp3) is 0.778. The number of hydrogen-bond acceptors (Lipinski definition) is 1. The van der Waals surface area contributed by atoms with Gasteiger partial charge in [-0.25, -0.2) is 0 Å². The predicted octanol–water partition coefficient (Wildman–Crippen LogP) is 5.23. The summed E-state index contributed by atoms with van der Waals surface area (Å²) in [7, 11) is 0. The zero-order valence-corrected chi connectivity index (χ0v) is 13.4. The van der Waals surface area contributed by atoms with Crippen LogP contribution >= 0.6 is 0 Å². The lowest BCUT2D eigenvalue weighted by Gasteiger charge is -2.18. The third-order valence-electron chi connectivity index (χ3n) is 3.54. The van der Waals surface area contributed by atoms with E-state index in [4.69, 9.17) is 6.42 Å². The molecule has 0 rings (SSSR count). The molecule has 0 bridgehead atoms. The van der Waals surface area contributed by atoms with E-state index in [1.165, 1.54) is 44.4 Å². The summed E-state index contributed by atoms with van der Waals surface area (Å²) in [5.41, 5.74) is -3.31. The van der Waals surface area contributed by atoms with E-state index in [2.05, 4.69) is 12.8 Å². The van der Waals surface area contributed by atoms with Gasteiger partial charge >= 0.3 is 6.18 Å². The van der Waals surface area contributed by atoms with Gasteiger partial charge in [-0.05, 0) is 18.3 Å². The Bertz CT molecular complexity index is 384. The van der Waals surface area contributed by atoms with Crippen LogP contribution in [-0.4, -0.2) is 16.9 Å². The van der Waals surface area contributed by atoms with Crippen LogP contribution < -0.4 is 0 Å². The van der Waals surface area contributed by atoms with E-state index in [-0.39, 0.29) is 0 Å². The molecule has 1 unspecified atom stereocenters. The van der Waals surface area contributed by atoms with Crippen LogP contribution in [0.3, 0.4) is 0 Å². The SMILES string of the molecule is C#CC(O)(C#CCCCCCCCCCCCC)C(F)(F)F. The number of hydrogen-bond donors (Lipinski definition) is 1. The van der Waals surface area contributed by atoms with E-state index in [9.17, 15) is 18.3 Å². The minimum Gasteiger partial charge on any atom is -0.360 e. The third kappa shape index (κ3) is 9.00. The molecule has 126 valence electrons. The van der Waals surface area contributed by atoms with E-state index in [0.717, 1.165) is 25.7 Å². The van der Waals surface area contributed by atoms with Gasteiger partial charge < -0.3 is 5.11 Å². The Labute approximate surface area is 132 Å². The molecule has 1 atom stereocenters. The van der Waals surface area contributed by atoms with Crippen molar-refractivity contribution in [3.8, 4) is 24.2 Å². The van der Waals surface area contributed by atoms with Crippen molar-refractivity contribution in [2.45, 2.75) is 89.3 Å². The first-order chi connectivity index (χ1) is 10.4. The largest absolute Gasteiger partial charge is 0.441 e. The summed E-state index contributed by atoms with van der Waals surface area (Å²) in [5.74, 6) is 5.42. The molecule has 0 radical (unpaired) electrons. The van der Waals surface area contributed by atoms with Crippen LogP contribution in [0.5, 0.6) is 0 Å². The molecule has 4 heteroatoms. The zero-order valence-electron chi connectivity index (χ0n) is 13.4. The second-order valence-electron chi connectivity index (χ2n) is 5.59. The maximum atomic E-state index is 12.4. The van der Waals surface area contributed by atoms with Gasteiger partial charge in [0.05, 0.1) is 0 Å². The molecule has 0 aliphatic rings. The molecule has 0 saturated heterocycles. The monoisotopic (exact) mass is 316 g/mol. The van der Waals surface area contributed by atoms with Gasteiger partial charge in [-0.15, -0.1) is 6.42 Å². The molecule has 0 saturated carbocycles. The number of aliphatic hydroxyl groups is 1. The maximum Gasteiger partial charge on any atom is 0.441 e. The average Bonchev–Trinajstić information content (AvgIpc) is 2.47. The van der Waals surface area contributed by atoms with Gasteiger partial charge in [-0.2, -0.15) is 13.2 Å². The van der Waals surface area contributed by atoms with Crippen LogP contribution in [0.4, 0.5) is 13.2 Å². The summed E-state index contributed by atoms with van der Waals surface area (Å²) in [6.07, 6.45) is 11.7. The van der Waals surface area contributed by atoms with Crippen LogP contribution in [0, 0.1) is 24.2 Å². The van der Waals surface area contributed by atoms with Gasteiger partial charge in [-0.1, -0.05) is 70.6 Å². The van der Waals surface area contributed by atoms with Gasteiger partial charge in [0.1, 0.15) is 0 Å². The fourth-order valence-corrected chi connectivity index (χ4v) is 2.08. The zero-order chi connectivity index (χ0) is 16.9. The number of unbranched alkanes of at least 4 members (excludes halogenated alkanes) is 10. The smallest absolute Gasteiger partial charge is 0.360 e. The van der Waals surface area contributed by atoms with Crippen molar-refractivity contribution in [3.05, 3.63) is 0 Å². The third-order valence-corrected chi connectivity index (χ3v) is 3.54. The number of rotatable bonds is 10. The molecular formula is C18H27F3O. The quantitative estimate of drug-likeness (QED) is 0.432. The van der Waals surface area contributed by atoms with Crippen molar-refractivity contribution in [2.75, 3.05) is 0 Å². The molecule has 0 aliphatic carbocycles. The van der Waals surface area contributed by atoms with Crippen LogP contribution in [0.1, 0.15) is 77.6 Å². The Morgan fingerprint density at radius 1 is 0.864 bits per heavy atom. The highest BCUT2D eigenvalue weighted by molar-refractivity contribution is 5.30. The molecule has 1 nitrogen and oxygen atoms in total. The molecule has 0 spiro atoms. The lowest BCUT2D eigenvalue weighted by molar-refractivity contribution is -0.212. The van der Waals surface area contributed by atoms with E-state index in [1.807, 2.05) is 0 Å². The Hall–Kier alpha value is -1.13. The summed E-state index contributed by atoms with van der Waals surface area (Å²) < 4.78 is 37.3. The summed E-state index contributed by atoms with van der Waals surface area (Å²) in [5, 5.41) is 9.18. The molecule has 0 aromatic rings. The highest BCUT2D eigenvalue weighted by Crippen LogP contribution is 2.29. The number of alkyl halides is 3. The van der Waals surface area contributed by atoms with Gasteiger partial charge in [-0.3, -0.25) is 0 Å². The first kappa shape index (κ1) is 20.9. The predicted molar refractivity (Wildman–Crippen MR) is 84.1 cm³/mol. The number of halogens is 3.